The van der Waals surface area contributed by atoms with Crippen LogP contribution in [0.25, 0.3) is 0 Å². The van der Waals surface area contributed by atoms with Crippen LogP contribution in [0, 0.1) is 34.5 Å². The molecule has 0 amide bonds. The van der Waals surface area contributed by atoms with E-state index >= 15 is 0 Å². The maximum absolute atomic E-state index is 10.4. The van der Waals surface area contributed by atoms with Crippen LogP contribution >= 0.6 is 0 Å². The van der Waals surface area contributed by atoms with Crippen molar-refractivity contribution in [1.29, 1.82) is 10.5 Å². The van der Waals surface area contributed by atoms with Gasteiger partial charge in [-0.3, -0.25) is 9.88 Å². The van der Waals surface area contributed by atoms with Gasteiger partial charge in [-0.25, -0.2) is 0 Å². The van der Waals surface area contributed by atoms with Gasteiger partial charge in [0.05, 0.1) is 23.8 Å². The van der Waals surface area contributed by atoms with Gasteiger partial charge in [-0.1, -0.05) is 18.9 Å². The van der Waals surface area contributed by atoms with Gasteiger partial charge in [-0.15, -0.1) is 0 Å². The Morgan fingerprint density at radius 3 is 2.38 bits per heavy atom. The quantitative estimate of drug-likeness (QED) is 0.714. The van der Waals surface area contributed by atoms with E-state index in [1.165, 1.54) is 0 Å². The lowest BCUT2D eigenvalue weighted by molar-refractivity contribution is 0.130. The second-order valence-corrected chi connectivity index (χ2v) is 8.10. The first-order chi connectivity index (χ1) is 12.5. The van der Waals surface area contributed by atoms with Crippen molar-refractivity contribution in [2.24, 2.45) is 11.8 Å². The number of nitrogens with zero attached hydrogens (tertiary/aromatic N) is 4. The molecule has 1 fully saturated rings. The Labute approximate surface area is 158 Å². The van der Waals surface area contributed by atoms with Crippen LogP contribution in [0.15, 0.2) is 24.4 Å². The molecule has 2 rings (SSSR count). The minimum absolute atomic E-state index is 0.0577. The highest BCUT2D eigenvalue weighted by Crippen LogP contribution is 2.45. The van der Waals surface area contributed by atoms with Crippen LogP contribution in [0.2, 0.25) is 0 Å². The van der Waals surface area contributed by atoms with E-state index in [9.17, 15) is 10.5 Å². The van der Waals surface area contributed by atoms with E-state index in [0.29, 0.717) is 12.1 Å². The molecule has 1 saturated carbocycles. The van der Waals surface area contributed by atoms with Gasteiger partial charge in [-0.05, 0) is 65.0 Å². The fourth-order valence-electron chi connectivity index (χ4n) is 4.62. The highest BCUT2D eigenvalue weighted by atomic mass is 15.2. The Hall–Kier alpha value is -1.91. The second-order valence-electron chi connectivity index (χ2n) is 8.10. The molecule has 0 N–H and O–H groups in total. The van der Waals surface area contributed by atoms with E-state index in [1.54, 1.807) is 6.20 Å². The zero-order valence-corrected chi connectivity index (χ0v) is 16.7. The maximum atomic E-state index is 10.4. The fourth-order valence-corrected chi connectivity index (χ4v) is 4.62. The normalized spacial score (nSPS) is 22.8. The molecule has 0 saturated heterocycles. The third-order valence-corrected chi connectivity index (χ3v) is 5.98. The number of nitriles is 2. The van der Waals surface area contributed by atoms with Gasteiger partial charge in [0.2, 0.25) is 0 Å². The van der Waals surface area contributed by atoms with Crippen LogP contribution in [0.1, 0.15) is 65.5 Å². The lowest BCUT2D eigenvalue weighted by Gasteiger charge is -2.41. The largest absolute Gasteiger partial charge is 0.298 e. The summed E-state index contributed by atoms with van der Waals surface area (Å²) in [4.78, 5) is 7.01. The molecule has 1 aliphatic rings. The number of hydrogen-bond donors (Lipinski definition) is 0. The molecule has 1 aromatic heterocycles. The molecule has 0 bridgehead atoms. The lowest BCUT2D eigenvalue weighted by atomic mass is 9.61. The molecule has 4 heteroatoms. The van der Waals surface area contributed by atoms with Crippen molar-refractivity contribution in [1.82, 2.24) is 9.88 Å². The van der Waals surface area contributed by atoms with E-state index < -0.39 is 5.41 Å². The molecule has 0 aliphatic heterocycles. The molecule has 26 heavy (non-hydrogen) atoms. The third-order valence-electron chi connectivity index (χ3n) is 5.98. The highest BCUT2D eigenvalue weighted by molar-refractivity contribution is 5.30. The van der Waals surface area contributed by atoms with Gasteiger partial charge in [-0.2, -0.15) is 10.5 Å². The summed E-state index contributed by atoms with van der Waals surface area (Å²) in [5.41, 5.74) is 0.145. The molecule has 3 unspecified atom stereocenters. The van der Waals surface area contributed by atoms with Crippen LogP contribution in [-0.2, 0) is 5.41 Å². The van der Waals surface area contributed by atoms with E-state index in [1.807, 2.05) is 18.2 Å². The predicted molar refractivity (Wildman–Crippen MR) is 104 cm³/mol. The van der Waals surface area contributed by atoms with Crippen LogP contribution in [0.4, 0.5) is 0 Å². The molecule has 4 nitrogen and oxygen atoms in total. The summed E-state index contributed by atoms with van der Waals surface area (Å²) in [6.45, 7) is 9.65. The fraction of sp³-hybridized carbons (Fsp3) is 0.682. The number of hydrogen-bond acceptors (Lipinski definition) is 4. The first kappa shape index (κ1) is 20.4. The van der Waals surface area contributed by atoms with Crippen LogP contribution < -0.4 is 0 Å². The first-order valence-corrected chi connectivity index (χ1v) is 9.94. The van der Waals surface area contributed by atoms with Gasteiger partial charge in [0.15, 0.2) is 0 Å². The summed E-state index contributed by atoms with van der Waals surface area (Å²) in [7, 11) is 0. The molecule has 1 aliphatic carbocycles. The van der Waals surface area contributed by atoms with Gasteiger partial charge in [0, 0.05) is 24.8 Å². The third kappa shape index (κ3) is 4.25. The molecule has 140 valence electrons. The van der Waals surface area contributed by atoms with E-state index in [0.717, 1.165) is 44.3 Å². The van der Waals surface area contributed by atoms with Crippen LogP contribution in [0.3, 0.4) is 0 Å². The van der Waals surface area contributed by atoms with Crippen molar-refractivity contribution in [3.05, 3.63) is 30.1 Å². The highest BCUT2D eigenvalue weighted by Gasteiger charge is 2.47. The average molecular weight is 353 g/mol. The summed E-state index contributed by atoms with van der Waals surface area (Å²) in [5, 5.41) is 20.1. The number of aromatic nitrogens is 1. The predicted octanol–water partition coefficient (Wildman–Crippen LogP) is 4.68. The Morgan fingerprint density at radius 2 is 1.85 bits per heavy atom. The Bertz CT molecular complexity index is 632. The van der Waals surface area contributed by atoms with Crippen molar-refractivity contribution in [2.75, 3.05) is 6.54 Å². The summed E-state index contributed by atoms with van der Waals surface area (Å²) >= 11 is 0. The zero-order valence-electron chi connectivity index (χ0n) is 16.7. The zero-order chi connectivity index (χ0) is 19.2. The smallest absolute Gasteiger partial charge is 0.105 e. The minimum Gasteiger partial charge on any atom is -0.298 e. The summed E-state index contributed by atoms with van der Waals surface area (Å²) < 4.78 is 0. The molecule has 0 radical (unpaired) electrons. The molecule has 0 spiro atoms. The Kier molecular flexibility index (Phi) is 7.18. The summed E-state index contributed by atoms with van der Waals surface area (Å²) in [5.74, 6) is -0.000666. The molecular formula is C22H32N4. The summed E-state index contributed by atoms with van der Waals surface area (Å²) in [6.07, 6.45) is 6.51. The van der Waals surface area contributed by atoms with E-state index in [-0.39, 0.29) is 11.8 Å². The van der Waals surface area contributed by atoms with E-state index in [2.05, 4.69) is 49.7 Å². The van der Waals surface area contributed by atoms with E-state index in [4.69, 9.17) is 0 Å². The second kappa shape index (κ2) is 9.15. The van der Waals surface area contributed by atoms with Crippen molar-refractivity contribution >= 4 is 0 Å². The van der Waals surface area contributed by atoms with Gasteiger partial charge in [0.1, 0.15) is 5.41 Å². The van der Waals surface area contributed by atoms with Gasteiger partial charge in [0.25, 0.3) is 0 Å². The first-order valence-electron chi connectivity index (χ1n) is 9.94. The van der Waals surface area contributed by atoms with Crippen molar-refractivity contribution < 1.29 is 0 Å². The van der Waals surface area contributed by atoms with Gasteiger partial charge < -0.3 is 0 Å². The SMILES string of the molecule is CC(C)N(CCC(C#N)(c1ccccn1)C1CCCCC1C#N)C(C)C. The molecular weight excluding hydrogens is 320 g/mol. The van der Waals surface area contributed by atoms with Crippen molar-refractivity contribution in [3.63, 3.8) is 0 Å². The number of pyridine rings is 1. The Balaban J connectivity index is 2.41. The monoisotopic (exact) mass is 352 g/mol. The molecule has 1 heterocycles. The van der Waals surface area contributed by atoms with Crippen molar-refractivity contribution in [2.45, 2.75) is 77.3 Å². The van der Waals surface area contributed by atoms with Crippen molar-refractivity contribution in [3.8, 4) is 12.1 Å². The molecule has 0 aromatic carbocycles. The number of rotatable bonds is 7. The molecule has 1 aromatic rings. The average Bonchev–Trinajstić information content (AvgIpc) is 2.65. The minimum atomic E-state index is -0.690. The maximum Gasteiger partial charge on any atom is 0.105 e. The lowest BCUT2D eigenvalue weighted by Crippen LogP contribution is -2.45. The summed E-state index contributed by atoms with van der Waals surface area (Å²) in [6, 6.07) is 11.8. The topological polar surface area (TPSA) is 63.7 Å². The van der Waals surface area contributed by atoms with Crippen LogP contribution in [-0.4, -0.2) is 28.5 Å². The standard InChI is InChI=1S/C22H32N4/c1-17(2)26(18(3)4)14-12-22(16-24,21-11-7-8-13-25-21)20-10-6-5-9-19(20)15-23/h7-8,11,13,17-20H,5-6,9-10,12,14H2,1-4H3. The van der Waals surface area contributed by atoms with Gasteiger partial charge >= 0.3 is 0 Å². The Morgan fingerprint density at radius 1 is 1.15 bits per heavy atom. The molecule has 3 atom stereocenters. The van der Waals surface area contributed by atoms with Crippen LogP contribution in [0.5, 0.6) is 0 Å².